The Kier molecular flexibility index (Phi) is 5.53. The van der Waals surface area contributed by atoms with Crippen LogP contribution in [0, 0.1) is 12.8 Å². The zero-order valence-corrected chi connectivity index (χ0v) is 16.1. The van der Waals surface area contributed by atoms with E-state index in [-0.39, 0.29) is 5.91 Å². The molecular weight excluding hydrogens is 324 g/mol. The summed E-state index contributed by atoms with van der Waals surface area (Å²) in [5, 5.41) is 0. The van der Waals surface area contributed by atoms with Gasteiger partial charge in [0, 0.05) is 25.3 Å². The third kappa shape index (κ3) is 3.93. The van der Waals surface area contributed by atoms with E-state index in [2.05, 4.69) is 14.9 Å². The van der Waals surface area contributed by atoms with Gasteiger partial charge in [-0.15, -0.1) is 0 Å². The first-order valence-electron chi connectivity index (χ1n) is 10.6. The van der Waals surface area contributed by atoms with Gasteiger partial charge in [-0.25, -0.2) is 9.97 Å². The number of aryl methyl sites for hydroxylation is 1. The summed E-state index contributed by atoms with van der Waals surface area (Å²) in [6.07, 6.45) is 13.0. The number of aromatic nitrogens is 2. The van der Waals surface area contributed by atoms with Gasteiger partial charge in [-0.1, -0.05) is 12.8 Å². The number of hydrogen-bond donors (Lipinski definition) is 0. The number of likely N-dealkylation sites (tertiary alicyclic amines) is 2. The van der Waals surface area contributed by atoms with Crippen LogP contribution >= 0.6 is 0 Å². The van der Waals surface area contributed by atoms with Gasteiger partial charge in [0.05, 0.1) is 11.3 Å². The normalized spacial score (nSPS) is 23.0. The molecule has 142 valence electrons. The largest absolute Gasteiger partial charge is 0.339 e. The minimum atomic E-state index is 0.140. The predicted molar refractivity (Wildman–Crippen MR) is 102 cm³/mol. The van der Waals surface area contributed by atoms with Gasteiger partial charge in [0.25, 0.3) is 5.91 Å². The van der Waals surface area contributed by atoms with E-state index < -0.39 is 0 Å². The molecule has 2 aliphatic heterocycles. The van der Waals surface area contributed by atoms with Crippen molar-refractivity contribution >= 4 is 5.91 Å². The van der Waals surface area contributed by atoms with E-state index in [1.165, 1.54) is 51.6 Å². The maximum atomic E-state index is 12.9. The van der Waals surface area contributed by atoms with E-state index in [9.17, 15) is 4.79 Å². The molecule has 0 spiro atoms. The Bertz CT molecular complexity index is 627. The minimum absolute atomic E-state index is 0.140. The van der Waals surface area contributed by atoms with Gasteiger partial charge in [0.1, 0.15) is 5.82 Å². The molecule has 3 aliphatic rings. The number of hydrogen-bond acceptors (Lipinski definition) is 4. The fourth-order valence-corrected chi connectivity index (χ4v) is 5.01. The van der Waals surface area contributed by atoms with Crippen molar-refractivity contribution in [2.75, 3.05) is 26.2 Å². The Morgan fingerprint density at radius 1 is 1.04 bits per heavy atom. The summed E-state index contributed by atoms with van der Waals surface area (Å²) in [6, 6.07) is 0.838. The zero-order chi connectivity index (χ0) is 17.9. The lowest BCUT2D eigenvalue weighted by Gasteiger charge is -2.36. The number of piperidine rings is 1. The second-order valence-corrected chi connectivity index (χ2v) is 8.40. The highest BCUT2D eigenvalue weighted by molar-refractivity contribution is 5.95. The molecule has 0 atom stereocenters. The lowest BCUT2D eigenvalue weighted by atomic mass is 9.90. The molecule has 0 N–H and O–H groups in total. The lowest BCUT2D eigenvalue weighted by Crippen LogP contribution is -2.40. The molecule has 3 fully saturated rings. The van der Waals surface area contributed by atoms with Crippen LogP contribution in [0.1, 0.15) is 73.2 Å². The predicted octanol–water partition coefficient (Wildman–Crippen LogP) is 3.22. The molecule has 4 rings (SSSR count). The third-order valence-electron chi connectivity index (χ3n) is 6.58. The van der Waals surface area contributed by atoms with E-state index in [1.807, 2.05) is 11.8 Å². The van der Waals surface area contributed by atoms with Crippen LogP contribution in [0.3, 0.4) is 0 Å². The second kappa shape index (κ2) is 8.03. The molecule has 3 heterocycles. The van der Waals surface area contributed by atoms with Gasteiger partial charge in [-0.2, -0.15) is 0 Å². The molecule has 26 heavy (non-hydrogen) atoms. The van der Waals surface area contributed by atoms with Crippen molar-refractivity contribution in [1.82, 2.24) is 19.8 Å². The summed E-state index contributed by atoms with van der Waals surface area (Å²) in [7, 11) is 0. The van der Waals surface area contributed by atoms with Crippen molar-refractivity contribution in [1.29, 1.82) is 0 Å². The monoisotopic (exact) mass is 356 g/mol. The molecule has 0 aromatic carbocycles. The van der Waals surface area contributed by atoms with Crippen LogP contribution in [0.5, 0.6) is 0 Å². The molecule has 1 amide bonds. The maximum Gasteiger partial charge on any atom is 0.257 e. The quantitative estimate of drug-likeness (QED) is 0.831. The van der Waals surface area contributed by atoms with Crippen molar-refractivity contribution < 1.29 is 4.79 Å². The molecule has 1 aliphatic carbocycles. The first-order chi connectivity index (χ1) is 12.7. The Morgan fingerprint density at radius 3 is 2.42 bits per heavy atom. The molecule has 5 heteroatoms. The molecule has 1 aromatic heterocycles. The third-order valence-corrected chi connectivity index (χ3v) is 6.58. The first-order valence-corrected chi connectivity index (χ1v) is 10.6. The van der Waals surface area contributed by atoms with Crippen LogP contribution in [0.15, 0.2) is 6.20 Å². The fraction of sp³-hybridized carbons (Fsp3) is 0.762. The molecule has 0 unspecified atom stereocenters. The van der Waals surface area contributed by atoms with Gasteiger partial charge in [-0.05, 0) is 70.9 Å². The Balaban J connectivity index is 1.41. The maximum absolute atomic E-state index is 12.9. The van der Waals surface area contributed by atoms with E-state index in [0.29, 0.717) is 5.92 Å². The fourth-order valence-electron chi connectivity index (χ4n) is 5.01. The SMILES string of the molecule is Cc1ncc(C(=O)N2CCCC2)c(CC2CCN(C3CCCC3)CC2)n1. The highest BCUT2D eigenvalue weighted by Gasteiger charge is 2.29. The molecule has 0 radical (unpaired) electrons. The van der Waals surface area contributed by atoms with Crippen molar-refractivity contribution in [3.05, 3.63) is 23.3 Å². The lowest BCUT2D eigenvalue weighted by molar-refractivity contribution is 0.0789. The number of amides is 1. The first kappa shape index (κ1) is 17.9. The van der Waals surface area contributed by atoms with E-state index >= 15 is 0 Å². The molecule has 2 saturated heterocycles. The van der Waals surface area contributed by atoms with Crippen LogP contribution in [0.2, 0.25) is 0 Å². The zero-order valence-electron chi connectivity index (χ0n) is 16.1. The van der Waals surface area contributed by atoms with Gasteiger partial charge in [0.2, 0.25) is 0 Å². The number of nitrogens with zero attached hydrogens (tertiary/aromatic N) is 4. The van der Waals surface area contributed by atoms with E-state index in [4.69, 9.17) is 0 Å². The van der Waals surface area contributed by atoms with Gasteiger partial charge in [0.15, 0.2) is 0 Å². The second-order valence-electron chi connectivity index (χ2n) is 8.40. The van der Waals surface area contributed by atoms with Gasteiger partial charge in [-0.3, -0.25) is 4.79 Å². The number of rotatable bonds is 4. The standard InChI is InChI=1S/C21H32N4O/c1-16-22-15-19(21(26)25-10-4-5-11-25)20(23-16)14-17-8-12-24(13-9-17)18-6-2-3-7-18/h15,17-18H,2-14H2,1H3. The number of carbonyl (C=O) groups excluding carboxylic acids is 1. The van der Waals surface area contributed by atoms with Gasteiger partial charge < -0.3 is 9.80 Å². The van der Waals surface area contributed by atoms with Crippen LogP contribution < -0.4 is 0 Å². The highest BCUT2D eigenvalue weighted by atomic mass is 16.2. The topological polar surface area (TPSA) is 49.3 Å². The summed E-state index contributed by atoms with van der Waals surface area (Å²) in [5.41, 5.74) is 1.73. The van der Waals surface area contributed by atoms with E-state index in [0.717, 1.165) is 55.5 Å². The molecule has 1 aromatic rings. The van der Waals surface area contributed by atoms with Crippen molar-refractivity contribution in [3.63, 3.8) is 0 Å². The van der Waals surface area contributed by atoms with E-state index in [1.54, 1.807) is 6.20 Å². The molecule has 1 saturated carbocycles. The minimum Gasteiger partial charge on any atom is -0.339 e. The summed E-state index contributed by atoms with van der Waals surface area (Å²) in [4.78, 5) is 26.6. The van der Waals surface area contributed by atoms with Crippen molar-refractivity contribution in [2.45, 2.75) is 70.8 Å². The highest BCUT2D eigenvalue weighted by Crippen LogP contribution is 2.29. The smallest absolute Gasteiger partial charge is 0.257 e. The Labute approximate surface area is 157 Å². The summed E-state index contributed by atoms with van der Waals surface area (Å²) < 4.78 is 0. The average molecular weight is 357 g/mol. The average Bonchev–Trinajstić information content (AvgIpc) is 3.36. The van der Waals surface area contributed by atoms with Crippen molar-refractivity contribution in [2.24, 2.45) is 5.92 Å². The number of carbonyl (C=O) groups is 1. The van der Waals surface area contributed by atoms with Crippen LogP contribution in [0.4, 0.5) is 0 Å². The van der Waals surface area contributed by atoms with Crippen LogP contribution in [-0.2, 0) is 6.42 Å². The summed E-state index contributed by atoms with van der Waals surface area (Å²) in [6.45, 7) is 6.12. The molecule has 0 bridgehead atoms. The van der Waals surface area contributed by atoms with Crippen molar-refractivity contribution in [3.8, 4) is 0 Å². The Hall–Kier alpha value is -1.49. The molecular formula is C21H32N4O. The van der Waals surface area contributed by atoms with Gasteiger partial charge >= 0.3 is 0 Å². The summed E-state index contributed by atoms with van der Waals surface area (Å²) in [5.74, 6) is 1.56. The van der Waals surface area contributed by atoms with Crippen LogP contribution in [0.25, 0.3) is 0 Å². The summed E-state index contributed by atoms with van der Waals surface area (Å²) >= 11 is 0. The molecule has 5 nitrogen and oxygen atoms in total. The Morgan fingerprint density at radius 2 is 1.73 bits per heavy atom. The van der Waals surface area contributed by atoms with Crippen LogP contribution in [-0.4, -0.2) is 57.9 Å².